The molecule has 0 saturated carbocycles. The summed E-state index contributed by atoms with van der Waals surface area (Å²) in [6, 6.07) is 14.5. The van der Waals surface area contributed by atoms with Crippen molar-refractivity contribution in [2.75, 3.05) is 32.3 Å². The van der Waals surface area contributed by atoms with Gasteiger partial charge in [-0.25, -0.2) is 0 Å². The number of para-hydroxylation sites is 1. The van der Waals surface area contributed by atoms with E-state index in [1.807, 2.05) is 31.2 Å². The maximum absolute atomic E-state index is 13.6. The Hall–Kier alpha value is -4.18. The zero-order chi connectivity index (χ0) is 25.8. The van der Waals surface area contributed by atoms with Crippen LogP contribution in [0, 0.1) is 0 Å². The molecule has 4 rings (SSSR count). The first-order valence-corrected chi connectivity index (χ1v) is 11.6. The summed E-state index contributed by atoms with van der Waals surface area (Å²) in [6.07, 6.45) is 3.43. The smallest absolute Gasteiger partial charge is 0.325 e. The van der Waals surface area contributed by atoms with Gasteiger partial charge in [-0.3, -0.25) is 19.3 Å². The van der Waals surface area contributed by atoms with Gasteiger partial charge in [0, 0.05) is 22.7 Å². The number of carbonyl (C=O) groups excluding carboxylic acids is 3. The fourth-order valence-electron chi connectivity index (χ4n) is 3.98. The first-order valence-electron chi connectivity index (χ1n) is 11.2. The lowest BCUT2D eigenvalue weighted by atomic mass is 10.1. The summed E-state index contributed by atoms with van der Waals surface area (Å²) < 4.78 is 16.9. The van der Waals surface area contributed by atoms with Crippen LogP contribution in [0.5, 0.6) is 5.75 Å². The molecule has 1 aliphatic heterocycles. The Bertz CT molecular complexity index is 1360. The maximum atomic E-state index is 13.6. The van der Waals surface area contributed by atoms with Crippen LogP contribution >= 0.6 is 12.2 Å². The number of rotatable bonds is 8. The molecule has 1 aromatic heterocycles. The van der Waals surface area contributed by atoms with E-state index < -0.39 is 17.8 Å². The fourth-order valence-corrected chi connectivity index (χ4v) is 4.34. The minimum Gasteiger partial charge on any atom is -0.494 e. The number of benzene rings is 2. The van der Waals surface area contributed by atoms with E-state index in [4.69, 9.17) is 26.4 Å². The molecule has 0 atom stereocenters. The van der Waals surface area contributed by atoms with Crippen LogP contribution in [0.3, 0.4) is 0 Å². The summed E-state index contributed by atoms with van der Waals surface area (Å²) >= 11 is 5.62. The summed E-state index contributed by atoms with van der Waals surface area (Å²) in [5.74, 6) is -0.669. The van der Waals surface area contributed by atoms with E-state index >= 15 is 0 Å². The quantitative estimate of drug-likeness (QED) is 0.261. The molecule has 1 fully saturated rings. The molecule has 10 heteroatoms. The van der Waals surface area contributed by atoms with Crippen LogP contribution in [0.4, 0.5) is 5.69 Å². The lowest BCUT2D eigenvalue weighted by Crippen LogP contribution is -2.35. The highest BCUT2D eigenvalue weighted by atomic mass is 32.1. The van der Waals surface area contributed by atoms with E-state index in [9.17, 15) is 14.4 Å². The molecule has 2 aromatic carbocycles. The second-order valence-corrected chi connectivity index (χ2v) is 8.21. The molecule has 1 aliphatic rings. The number of aromatic nitrogens is 1. The van der Waals surface area contributed by atoms with Crippen LogP contribution in [-0.2, 0) is 30.4 Å². The highest BCUT2D eigenvalue weighted by Crippen LogP contribution is 2.32. The first-order chi connectivity index (χ1) is 17.4. The number of amides is 1. The molecule has 36 heavy (non-hydrogen) atoms. The molecular formula is C26H25N3O6S. The molecule has 0 spiro atoms. The normalized spacial score (nSPS) is 14.6. The molecule has 1 saturated heterocycles. The van der Waals surface area contributed by atoms with Crippen molar-refractivity contribution in [3.05, 3.63) is 66.0 Å². The summed E-state index contributed by atoms with van der Waals surface area (Å²) in [6.45, 7) is 2.18. The highest BCUT2D eigenvalue weighted by Gasteiger charge is 2.40. The van der Waals surface area contributed by atoms with Gasteiger partial charge in [-0.1, -0.05) is 18.2 Å². The highest BCUT2D eigenvalue weighted by molar-refractivity contribution is 7.80. The summed E-state index contributed by atoms with van der Waals surface area (Å²) in [5.41, 5.74) is 2.23. The third-order valence-electron chi connectivity index (χ3n) is 5.69. The number of thiocarbonyl (C=S) groups is 1. The van der Waals surface area contributed by atoms with Crippen molar-refractivity contribution in [3.8, 4) is 5.75 Å². The number of esters is 2. The van der Waals surface area contributed by atoms with Gasteiger partial charge >= 0.3 is 11.9 Å². The number of hydrogen-bond donors (Lipinski definition) is 0. The third-order valence-corrected chi connectivity index (χ3v) is 6.10. The maximum Gasteiger partial charge on any atom is 0.325 e. The van der Waals surface area contributed by atoms with Crippen LogP contribution in [0.2, 0.25) is 0 Å². The molecule has 186 valence electrons. The average molecular weight is 508 g/mol. The number of nitrogens with zero attached hydrogens (tertiary/aromatic N) is 3. The molecule has 0 bridgehead atoms. The summed E-state index contributed by atoms with van der Waals surface area (Å²) in [4.78, 5) is 40.6. The Morgan fingerprint density at radius 2 is 1.64 bits per heavy atom. The van der Waals surface area contributed by atoms with Crippen molar-refractivity contribution in [1.82, 2.24) is 9.47 Å². The van der Waals surface area contributed by atoms with E-state index in [0.29, 0.717) is 23.6 Å². The Labute approximate surface area is 213 Å². The number of ether oxygens (including phenoxy) is 3. The van der Waals surface area contributed by atoms with Crippen LogP contribution < -0.4 is 9.64 Å². The van der Waals surface area contributed by atoms with Crippen LogP contribution in [0.1, 0.15) is 12.5 Å². The second-order valence-electron chi connectivity index (χ2n) is 7.85. The van der Waals surface area contributed by atoms with Crippen molar-refractivity contribution >= 4 is 57.8 Å². The van der Waals surface area contributed by atoms with E-state index in [1.165, 1.54) is 24.0 Å². The number of methoxy groups -OCH3 is 2. The lowest BCUT2D eigenvalue weighted by molar-refractivity contribution is -0.141. The number of fused-ring (bicyclic) bond motifs is 1. The standard InChI is InChI=1S/C26H25N3O6S/c1-4-35-19-11-9-18(10-12-19)29-25(32)22(28(26(29)36)16-24(31)34-3)13-17-14-27(15-23(30)33-2)21-8-6-5-7-20(17)21/h5-14H,4,15-16H2,1-3H3/b22-13-. The summed E-state index contributed by atoms with van der Waals surface area (Å²) in [7, 11) is 2.60. The molecule has 3 aromatic rings. The van der Waals surface area contributed by atoms with Crippen molar-refractivity contribution < 1.29 is 28.6 Å². The predicted molar refractivity (Wildman–Crippen MR) is 138 cm³/mol. The molecule has 0 unspecified atom stereocenters. The van der Waals surface area contributed by atoms with Crippen LogP contribution in [-0.4, -0.2) is 59.8 Å². The van der Waals surface area contributed by atoms with Gasteiger partial charge in [-0.2, -0.15) is 0 Å². The SMILES string of the molecule is CCOc1ccc(N2C(=O)/C(=C/c3cn(CC(=O)OC)c4ccccc34)N(CC(=O)OC)C2=S)cc1. The number of hydrogen-bond acceptors (Lipinski definition) is 7. The van der Waals surface area contributed by atoms with Gasteiger partial charge in [0.15, 0.2) is 5.11 Å². The Morgan fingerprint density at radius 3 is 2.31 bits per heavy atom. The lowest BCUT2D eigenvalue weighted by Gasteiger charge is -2.19. The van der Waals surface area contributed by atoms with E-state index in [2.05, 4.69) is 0 Å². The van der Waals surface area contributed by atoms with Crippen LogP contribution in [0.15, 0.2) is 60.4 Å². The molecule has 0 N–H and O–H groups in total. The average Bonchev–Trinajstić information content (AvgIpc) is 3.34. The van der Waals surface area contributed by atoms with Crippen molar-refractivity contribution in [2.45, 2.75) is 13.5 Å². The minimum atomic E-state index is -0.544. The van der Waals surface area contributed by atoms with Crippen LogP contribution in [0.25, 0.3) is 17.0 Å². The van der Waals surface area contributed by atoms with Gasteiger partial charge in [-0.05, 0) is 55.5 Å². The van der Waals surface area contributed by atoms with Gasteiger partial charge in [0.2, 0.25) is 0 Å². The number of anilines is 1. The summed E-state index contributed by atoms with van der Waals surface area (Å²) in [5, 5.41) is 0.976. The number of carbonyl (C=O) groups is 3. The molecule has 0 aliphatic carbocycles. The van der Waals surface area contributed by atoms with E-state index in [0.717, 1.165) is 10.9 Å². The largest absolute Gasteiger partial charge is 0.494 e. The molecule has 9 nitrogen and oxygen atoms in total. The Balaban J connectivity index is 1.79. The molecule has 1 amide bonds. The molecule has 2 heterocycles. The zero-order valence-corrected chi connectivity index (χ0v) is 20.9. The van der Waals surface area contributed by atoms with Gasteiger partial charge in [0.25, 0.3) is 5.91 Å². The van der Waals surface area contributed by atoms with Crippen molar-refractivity contribution in [1.29, 1.82) is 0 Å². The second kappa shape index (κ2) is 10.6. The van der Waals surface area contributed by atoms with Crippen molar-refractivity contribution in [3.63, 3.8) is 0 Å². The molecule has 0 radical (unpaired) electrons. The predicted octanol–water partition coefficient (Wildman–Crippen LogP) is 3.36. The topological polar surface area (TPSA) is 90.3 Å². The van der Waals surface area contributed by atoms with E-state index in [-0.39, 0.29) is 23.9 Å². The minimum absolute atomic E-state index is 0.0106. The zero-order valence-electron chi connectivity index (χ0n) is 20.1. The Morgan fingerprint density at radius 1 is 0.972 bits per heavy atom. The van der Waals surface area contributed by atoms with Gasteiger partial charge in [-0.15, -0.1) is 0 Å². The first kappa shape index (κ1) is 24.9. The monoisotopic (exact) mass is 507 g/mol. The Kier molecular flexibility index (Phi) is 7.35. The molecular weight excluding hydrogens is 482 g/mol. The van der Waals surface area contributed by atoms with Gasteiger partial charge in [0.05, 0.1) is 26.5 Å². The van der Waals surface area contributed by atoms with Crippen molar-refractivity contribution in [2.24, 2.45) is 0 Å². The van der Waals surface area contributed by atoms with Gasteiger partial charge in [0.1, 0.15) is 24.5 Å². The fraction of sp³-hybridized carbons (Fsp3) is 0.231. The van der Waals surface area contributed by atoms with Gasteiger partial charge < -0.3 is 23.7 Å². The third kappa shape index (κ3) is 4.80. The van der Waals surface area contributed by atoms with E-state index in [1.54, 1.807) is 41.1 Å².